The van der Waals surface area contributed by atoms with Crippen LogP contribution in [-0.2, 0) is 6.42 Å². The molecule has 5 nitrogen and oxygen atoms in total. The third kappa shape index (κ3) is 4.27. The first-order chi connectivity index (χ1) is 14.1. The smallest absolute Gasteiger partial charge is 0.251 e. The van der Waals surface area contributed by atoms with Crippen LogP contribution in [0.5, 0.6) is 5.75 Å². The maximum atomic E-state index is 13.4. The van der Waals surface area contributed by atoms with Crippen LogP contribution in [0.1, 0.15) is 15.9 Å². The van der Waals surface area contributed by atoms with Gasteiger partial charge in [-0.15, -0.1) is 0 Å². The van der Waals surface area contributed by atoms with Crippen LogP contribution in [0.25, 0.3) is 22.6 Å². The highest BCUT2D eigenvalue weighted by Crippen LogP contribution is 2.25. The van der Waals surface area contributed by atoms with Crippen molar-refractivity contribution in [1.29, 1.82) is 0 Å². The molecular weight excluding hydrogens is 371 g/mol. The van der Waals surface area contributed by atoms with Gasteiger partial charge in [-0.3, -0.25) is 4.79 Å². The van der Waals surface area contributed by atoms with Crippen molar-refractivity contribution in [1.82, 2.24) is 10.3 Å². The molecule has 0 aliphatic heterocycles. The molecule has 3 aromatic carbocycles. The second kappa shape index (κ2) is 8.14. The number of methoxy groups -OCH3 is 1. The number of amides is 1. The van der Waals surface area contributed by atoms with E-state index in [1.54, 1.807) is 37.4 Å². The summed E-state index contributed by atoms with van der Waals surface area (Å²) in [5, 5.41) is 2.91. The van der Waals surface area contributed by atoms with E-state index >= 15 is 0 Å². The molecule has 0 aliphatic carbocycles. The molecule has 6 heteroatoms. The molecule has 4 rings (SSSR count). The van der Waals surface area contributed by atoms with E-state index in [9.17, 15) is 9.18 Å². The Morgan fingerprint density at radius 3 is 2.69 bits per heavy atom. The molecule has 1 N–H and O–H groups in total. The molecule has 1 aromatic heterocycles. The van der Waals surface area contributed by atoms with Crippen LogP contribution < -0.4 is 10.1 Å². The van der Waals surface area contributed by atoms with E-state index in [2.05, 4.69) is 10.3 Å². The number of nitrogens with zero attached hydrogens (tertiary/aromatic N) is 1. The van der Waals surface area contributed by atoms with Crippen molar-refractivity contribution in [2.45, 2.75) is 6.42 Å². The first-order valence-corrected chi connectivity index (χ1v) is 9.20. The fraction of sp³-hybridized carbons (Fsp3) is 0.130. The van der Waals surface area contributed by atoms with Gasteiger partial charge in [0.2, 0.25) is 5.89 Å². The lowest BCUT2D eigenvalue weighted by Crippen LogP contribution is -2.25. The number of rotatable bonds is 6. The van der Waals surface area contributed by atoms with Crippen LogP contribution in [0.3, 0.4) is 0 Å². The molecule has 0 saturated carbocycles. The van der Waals surface area contributed by atoms with E-state index < -0.39 is 0 Å². The van der Waals surface area contributed by atoms with Crippen LogP contribution in [0.4, 0.5) is 4.39 Å². The maximum absolute atomic E-state index is 13.4. The average molecular weight is 390 g/mol. The molecule has 0 radical (unpaired) electrons. The summed E-state index contributed by atoms with van der Waals surface area (Å²) in [7, 11) is 1.63. The Labute approximate surface area is 167 Å². The fourth-order valence-corrected chi connectivity index (χ4v) is 3.03. The van der Waals surface area contributed by atoms with Gasteiger partial charge in [0, 0.05) is 17.7 Å². The molecule has 1 heterocycles. The highest BCUT2D eigenvalue weighted by Gasteiger charge is 2.12. The monoisotopic (exact) mass is 390 g/mol. The fourth-order valence-electron chi connectivity index (χ4n) is 3.03. The Hall–Kier alpha value is -3.67. The lowest BCUT2D eigenvalue weighted by molar-refractivity contribution is 0.0954. The molecule has 0 fully saturated rings. The molecule has 0 saturated heterocycles. The average Bonchev–Trinajstić information content (AvgIpc) is 3.17. The normalized spacial score (nSPS) is 10.8. The summed E-state index contributed by atoms with van der Waals surface area (Å²) in [6.07, 6.45) is 0.714. The van der Waals surface area contributed by atoms with Crippen molar-refractivity contribution >= 4 is 17.0 Å². The van der Waals surface area contributed by atoms with Crippen molar-refractivity contribution in [3.8, 4) is 17.2 Å². The Kier molecular flexibility index (Phi) is 5.24. The molecule has 29 heavy (non-hydrogen) atoms. The molecular formula is C23H19FN2O3. The number of halogens is 1. The van der Waals surface area contributed by atoms with E-state index in [1.807, 2.05) is 24.3 Å². The van der Waals surface area contributed by atoms with Crippen LogP contribution in [0.2, 0.25) is 0 Å². The highest BCUT2D eigenvalue weighted by molar-refractivity contribution is 5.97. The lowest BCUT2D eigenvalue weighted by atomic mass is 10.1. The summed E-state index contributed by atoms with van der Waals surface area (Å²) >= 11 is 0. The topological polar surface area (TPSA) is 64.4 Å². The molecule has 0 unspecified atom stereocenters. The Bertz CT molecular complexity index is 1150. The second-order valence-electron chi connectivity index (χ2n) is 6.57. The number of carbonyl (C=O) groups is 1. The first-order valence-electron chi connectivity index (χ1n) is 9.20. The zero-order valence-corrected chi connectivity index (χ0v) is 15.8. The van der Waals surface area contributed by atoms with Gasteiger partial charge in [-0.25, -0.2) is 9.37 Å². The molecule has 0 aliphatic rings. The van der Waals surface area contributed by atoms with Crippen molar-refractivity contribution in [2.75, 3.05) is 13.7 Å². The van der Waals surface area contributed by atoms with E-state index in [0.717, 1.165) is 11.3 Å². The minimum Gasteiger partial charge on any atom is -0.497 e. The Morgan fingerprint density at radius 1 is 1.10 bits per heavy atom. The number of oxazole rings is 1. The molecule has 0 atom stereocenters. The number of ether oxygens (including phenoxy) is 1. The van der Waals surface area contributed by atoms with Crippen molar-refractivity contribution < 1.29 is 18.3 Å². The van der Waals surface area contributed by atoms with Gasteiger partial charge in [0.25, 0.3) is 5.91 Å². The maximum Gasteiger partial charge on any atom is 0.251 e. The lowest BCUT2D eigenvalue weighted by Gasteiger charge is -2.06. The number of fused-ring (bicyclic) bond motifs is 1. The SMILES string of the molecule is COc1ccc(CCNC(=O)c2ccc3oc(-c4cccc(F)c4)nc3c2)cc1. The molecule has 0 bridgehead atoms. The quantitative estimate of drug-likeness (QED) is 0.522. The molecule has 1 amide bonds. The Morgan fingerprint density at radius 2 is 1.93 bits per heavy atom. The third-order valence-corrected chi connectivity index (χ3v) is 4.58. The van der Waals surface area contributed by atoms with Crippen molar-refractivity contribution in [3.63, 3.8) is 0 Å². The number of aromatic nitrogens is 1. The van der Waals surface area contributed by atoms with Gasteiger partial charge in [-0.05, 0) is 60.5 Å². The molecule has 146 valence electrons. The third-order valence-electron chi connectivity index (χ3n) is 4.58. The van der Waals surface area contributed by atoms with E-state index in [-0.39, 0.29) is 11.7 Å². The van der Waals surface area contributed by atoms with Gasteiger partial charge in [-0.2, -0.15) is 0 Å². The van der Waals surface area contributed by atoms with Crippen LogP contribution in [0.15, 0.2) is 71.1 Å². The summed E-state index contributed by atoms with van der Waals surface area (Å²) in [5.41, 5.74) is 3.24. The summed E-state index contributed by atoms with van der Waals surface area (Å²) in [5.74, 6) is 0.574. The van der Waals surface area contributed by atoms with E-state index in [0.29, 0.717) is 41.1 Å². The zero-order valence-electron chi connectivity index (χ0n) is 15.8. The largest absolute Gasteiger partial charge is 0.497 e. The van der Waals surface area contributed by atoms with Gasteiger partial charge in [0.15, 0.2) is 5.58 Å². The summed E-state index contributed by atoms with van der Waals surface area (Å²) in [4.78, 5) is 16.8. The van der Waals surface area contributed by atoms with Gasteiger partial charge in [0.1, 0.15) is 17.1 Å². The van der Waals surface area contributed by atoms with Crippen molar-refractivity contribution in [3.05, 3.63) is 83.7 Å². The minimum absolute atomic E-state index is 0.185. The number of hydrogen-bond donors (Lipinski definition) is 1. The number of hydrogen-bond acceptors (Lipinski definition) is 4. The number of benzene rings is 3. The standard InChI is InChI=1S/C23H19FN2O3/c1-28-19-8-5-15(6-9-19)11-12-25-22(27)16-7-10-21-20(14-16)26-23(29-21)17-3-2-4-18(24)13-17/h2-10,13-14H,11-12H2,1H3,(H,25,27). The minimum atomic E-state index is -0.360. The van der Waals surface area contributed by atoms with E-state index in [1.165, 1.54) is 12.1 Å². The summed E-state index contributed by atoms with van der Waals surface area (Å²) < 4.78 is 24.2. The summed E-state index contributed by atoms with van der Waals surface area (Å²) in [6, 6.07) is 18.8. The second-order valence-corrected chi connectivity index (χ2v) is 6.57. The van der Waals surface area contributed by atoms with Gasteiger partial charge >= 0.3 is 0 Å². The van der Waals surface area contributed by atoms with Crippen LogP contribution >= 0.6 is 0 Å². The number of nitrogens with one attached hydrogen (secondary N) is 1. The first kappa shape index (κ1) is 18.7. The zero-order chi connectivity index (χ0) is 20.2. The predicted molar refractivity (Wildman–Crippen MR) is 108 cm³/mol. The molecule has 0 spiro atoms. The van der Waals surface area contributed by atoms with Gasteiger partial charge in [0.05, 0.1) is 7.11 Å². The molecule has 4 aromatic rings. The van der Waals surface area contributed by atoms with Gasteiger partial charge < -0.3 is 14.5 Å². The highest BCUT2D eigenvalue weighted by atomic mass is 19.1. The van der Waals surface area contributed by atoms with Gasteiger partial charge in [-0.1, -0.05) is 18.2 Å². The van der Waals surface area contributed by atoms with Crippen molar-refractivity contribution in [2.24, 2.45) is 0 Å². The summed E-state index contributed by atoms with van der Waals surface area (Å²) in [6.45, 7) is 0.510. The number of carbonyl (C=O) groups excluding carboxylic acids is 1. The predicted octanol–water partition coefficient (Wildman–Crippen LogP) is 4.62. The van der Waals surface area contributed by atoms with E-state index in [4.69, 9.17) is 9.15 Å². The Balaban J connectivity index is 1.43. The van der Waals surface area contributed by atoms with Crippen LogP contribution in [0, 0.1) is 5.82 Å². The van der Waals surface area contributed by atoms with Crippen LogP contribution in [-0.4, -0.2) is 24.5 Å².